The first-order valence-corrected chi connectivity index (χ1v) is 9.14. The number of carbonyl (C=O) groups excluding carboxylic acids is 1. The Labute approximate surface area is 166 Å². The number of aliphatic imine (C=N–C) groups is 1. The number of rotatable bonds is 5. The minimum atomic E-state index is -0.653. The number of esters is 1. The first kappa shape index (κ1) is 19.6. The number of carbonyl (C=O) groups is 1. The van der Waals surface area contributed by atoms with Crippen molar-refractivity contribution >= 4 is 34.5 Å². The van der Waals surface area contributed by atoms with Crippen molar-refractivity contribution in [2.75, 3.05) is 21.3 Å². The molecular weight excluding hydrogens is 380 g/mol. The maximum absolute atomic E-state index is 12.3. The molecule has 0 atom stereocenters. The number of aromatic nitrogens is 1. The summed E-state index contributed by atoms with van der Waals surface area (Å²) in [4.78, 5) is 17.3. The Hall–Kier alpha value is -3.13. The second-order valence-corrected chi connectivity index (χ2v) is 6.86. The number of aliphatic hydroxyl groups is 1. The average molecular weight is 400 g/mol. The fourth-order valence-corrected chi connectivity index (χ4v) is 3.68. The van der Waals surface area contributed by atoms with Gasteiger partial charge in [0.05, 0.1) is 31.9 Å². The van der Waals surface area contributed by atoms with Crippen molar-refractivity contribution in [3.63, 3.8) is 0 Å². The summed E-state index contributed by atoms with van der Waals surface area (Å²) in [6.45, 7) is 0. The lowest BCUT2D eigenvalue weighted by atomic mass is 10.2. The van der Waals surface area contributed by atoms with Crippen molar-refractivity contribution in [1.29, 1.82) is 0 Å². The molecule has 3 rings (SSSR count). The predicted molar refractivity (Wildman–Crippen MR) is 109 cm³/mol. The third-order valence-corrected chi connectivity index (χ3v) is 5.16. The maximum Gasteiger partial charge on any atom is 0.344 e. The number of hydrogen-bond acceptors (Lipinski definition) is 7. The van der Waals surface area contributed by atoms with Crippen molar-refractivity contribution in [1.82, 2.24) is 4.57 Å². The molecule has 0 amide bonds. The zero-order valence-electron chi connectivity index (χ0n) is 15.9. The molecule has 1 aliphatic rings. The molecule has 28 heavy (non-hydrogen) atoms. The van der Waals surface area contributed by atoms with Gasteiger partial charge in [0.25, 0.3) is 0 Å². The topological polar surface area (TPSA) is 82.3 Å². The summed E-state index contributed by atoms with van der Waals surface area (Å²) < 4.78 is 17.3. The van der Waals surface area contributed by atoms with Crippen LogP contribution in [0, 0.1) is 0 Å². The lowest BCUT2D eigenvalue weighted by molar-refractivity contribution is -0.135. The Morgan fingerprint density at radius 1 is 1.18 bits per heavy atom. The van der Waals surface area contributed by atoms with E-state index in [1.54, 1.807) is 31.4 Å². The van der Waals surface area contributed by atoms with Crippen molar-refractivity contribution < 1.29 is 24.1 Å². The lowest BCUT2D eigenvalue weighted by Gasteiger charge is -2.08. The normalized spacial score (nSPS) is 16.7. The lowest BCUT2D eigenvalue weighted by Crippen LogP contribution is -2.10. The van der Waals surface area contributed by atoms with Crippen LogP contribution in [0.3, 0.4) is 0 Å². The molecule has 0 saturated heterocycles. The third-order valence-electron chi connectivity index (χ3n) is 4.14. The minimum Gasteiger partial charge on any atom is -0.506 e. The van der Waals surface area contributed by atoms with Crippen molar-refractivity contribution in [2.24, 2.45) is 12.0 Å². The molecule has 8 heteroatoms. The van der Waals surface area contributed by atoms with Gasteiger partial charge in [0.2, 0.25) is 0 Å². The largest absolute Gasteiger partial charge is 0.506 e. The van der Waals surface area contributed by atoms with Crippen LogP contribution in [0.1, 0.15) is 5.69 Å². The first-order valence-electron chi connectivity index (χ1n) is 8.32. The molecule has 1 N–H and O–H groups in total. The number of thioether (sulfide) groups is 1. The highest BCUT2D eigenvalue weighted by molar-refractivity contribution is 8.18. The van der Waals surface area contributed by atoms with E-state index in [1.807, 2.05) is 29.9 Å². The highest BCUT2D eigenvalue weighted by atomic mass is 32.2. The van der Waals surface area contributed by atoms with E-state index in [1.165, 1.54) is 26.0 Å². The van der Waals surface area contributed by atoms with Crippen LogP contribution >= 0.6 is 11.8 Å². The maximum atomic E-state index is 12.3. The molecule has 0 aliphatic carbocycles. The van der Waals surface area contributed by atoms with Gasteiger partial charge in [-0.15, -0.1) is 0 Å². The van der Waals surface area contributed by atoms with Gasteiger partial charge < -0.3 is 23.9 Å². The van der Waals surface area contributed by atoms with Crippen LogP contribution in [-0.4, -0.2) is 42.0 Å². The van der Waals surface area contributed by atoms with Crippen LogP contribution in [0.4, 0.5) is 5.69 Å². The van der Waals surface area contributed by atoms with Crippen LogP contribution in [0.2, 0.25) is 0 Å². The zero-order chi connectivity index (χ0) is 20.3. The minimum absolute atomic E-state index is 0.0303. The third kappa shape index (κ3) is 3.77. The number of hydrogen-bond donors (Lipinski definition) is 1. The predicted octanol–water partition coefficient (Wildman–Crippen LogP) is 3.85. The number of aliphatic hydroxyl groups excluding tert-OH is 1. The first-order chi connectivity index (χ1) is 13.5. The van der Waals surface area contributed by atoms with Crippen LogP contribution in [0.15, 0.2) is 57.8 Å². The molecule has 0 unspecified atom stereocenters. The van der Waals surface area contributed by atoms with Crippen LogP contribution < -0.4 is 9.47 Å². The molecule has 0 bridgehead atoms. The highest BCUT2D eigenvalue weighted by Crippen LogP contribution is 2.41. The SMILES string of the molecule is COC(=O)C1=C(O)C(=Cc2cccn2C)SC1=Nc1ccc(OC)c(OC)c1. The summed E-state index contributed by atoms with van der Waals surface area (Å²) in [6, 6.07) is 8.95. The molecule has 1 aromatic carbocycles. The summed E-state index contributed by atoms with van der Waals surface area (Å²) in [5.41, 5.74) is 1.46. The van der Waals surface area contributed by atoms with Crippen molar-refractivity contribution in [3.05, 3.63) is 58.5 Å². The van der Waals surface area contributed by atoms with E-state index in [0.29, 0.717) is 27.1 Å². The molecule has 146 valence electrons. The van der Waals surface area contributed by atoms with E-state index < -0.39 is 5.97 Å². The van der Waals surface area contributed by atoms with Gasteiger partial charge in [-0.3, -0.25) is 0 Å². The molecule has 0 spiro atoms. The van der Waals surface area contributed by atoms with E-state index >= 15 is 0 Å². The summed E-state index contributed by atoms with van der Waals surface area (Å²) in [7, 11) is 6.24. The zero-order valence-corrected chi connectivity index (χ0v) is 16.7. The Morgan fingerprint density at radius 3 is 2.54 bits per heavy atom. The Morgan fingerprint density at radius 2 is 1.93 bits per heavy atom. The van der Waals surface area contributed by atoms with E-state index in [4.69, 9.17) is 14.2 Å². The molecule has 0 fully saturated rings. The number of ether oxygens (including phenoxy) is 3. The standard InChI is InChI=1S/C20H20N2O5S/c1-22-9-5-6-13(22)11-16-18(23)17(20(24)27-4)19(28-16)21-12-7-8-14(25-2)15(10-12)26-3/h5-11,23H,1-4H3. The quantitative estimate of drug-likeness (QED) is 0.768. The number of nitrogens with zero attached hydrogens (tertiary/aromatic N) is 2. The molecule has 0 saturated carbocycles. The van der Waals surface area contributed by atoms with Gasteiger partial charge >= 0.3 is 5.97 Å². The smallest absolute Gasteiger partial charge is 0.344 e. The molecule has 7 nitrogen and oxygen atoms in total. The summed E-state index contributed by atoms with van der Waals surface area (Å²) in [6.07, 6.45) is 3.69. The molecule has 2 heterocycles. The fourth-order valence-electron chi connectivity index (χ4n) is 2.66. The molecule has 2 aromatic rings. The Kier molecular flexibility index (Phi) is 5.79. The van der Waals surface area contributed by atoms with E-state index in [0.717, 1.165) is 5.69 Å². The van der Waals surface area contributed by atoms with E-state index in [-0.39, 0.29) is 11.3 Å². The number of aryl methyl sites for hydroxylation is 1. The number of benzene rings is 1. The van der Waals surface area contributed by atoms with E-state index in [9.17, 15) is 9.90 Å². The molecular formula is C20H20N2O5S. The van der Waals surface area contributed by atoms with Gasteiger partial charge in [-0.25, -0.2) is 9.79 Å². The fraction of sp³-hybridized carbons (Fsp3) is 0.200. The van der Waals surface area contributed by atoms with Gasteiger partial charge in [-0.2, -0.15) is 0 Å². The van der Waals surface area contributed by atoms with Gasteiger partial charge in [0.1, 0.15) is 16.4 Å². The second-order valence-electron chi connectivity index (χ2n) is 5.83. The summed E-state index contributed by atoms with van der Waals surface area (Å²) in [5.74, 6) is 0.276. The monoisotopic (exact) mass is 400 g/mol. The summed E-state index contributed by atoms with van der Waals surface area (Å²) in [5, 5.41) is 11.0. The van der Waals surface area contributed by atoms with Gasteiger partial charge in [0, 0.05) is 25.0 Å². The van der Waals surface area contributed by atoms with Crippen LogP contribution in [0.25, 0.3) is 6.08 Å². The summed E-state index contributed by atoms with van der Waals surface area (Å²) >= 11 is 1.20. The van der Waals surface area contributed by atoms with E-state index in [2.05, 4.69) is 4.99 Å². The van der Waals surface area contributed by atoms with Crippen molar-refractivity contribution in [3.8, 4) is 11.5 Å². The average Bonchev–Trinajstić information content (AvgIpc) is 3.24. The van der Waals surface area contributed by atoms with Gasteiger partial charge in [-0.1, -0.05) is 11.8 Å². The highest BCUT2D eigenvalue weighted by Gasteiger charge is 2.33. The van der Waals surface area contributed by atoms with Crippen LogP contribution in [-0.2, 0) is 16.6 Å². The number of methoxy groups -OCH3 is 3. The van der Waals surface area contributed by atoms with Crippen molar-refractivity contribution in [2.45, 2.75) is 0 Å². The molecule has 0 radical (unpaired) electrons. The van der Waals surface area contributed by atoms with Gasteiger partial charge in [-0.05, 0) is 30.3 Å². The van der Waals surface area contributed by atoms with Crippen LogP contribution in [0.5, 0.6) is 11.5 Å². The second kappa shape index (κ2) is 8.26. The Balaban J connectivity index is 2.05. The Bertz CT molecular complexity index is 1000. The molecule has 1 aliphatic heterocycles. The molecule has 1 aromatic heterocycles. The van der Waals surface area contributed by atoms with Gasteiger partial charge in [0.15, 0.2) is 11.5 Å².